The third-order valence-electron chi connectivity index (χ3n) is 2.30. The van der Waals surface area contributed by atoms with E-state index in [0.29, 0.717) is 0 Å². The first-order valence-electron chi connectivity index (χ1n) is 5.77. The van der Waals surface area contributed by atoms with Gasteiger partial charge in [-0.15, -0.1) is 23.1 Å². The van der Waals surface area contributed by atoms with E-state index in [-0.39, 0.29) is 0 Å². The highest BCUT2D eigenvalue weighted by Gasteiger charge is 2.02. The summed E-state index contributed by atoms with van der Waals surface area (Å²) in [5.41, 5.74) is 0. The van der Waals surface area contributed by atoms with E-state index in [1.807, 2.05) is 18.3 Å². The van der Waals surface area contributed by atoms with E-state index >= 15 is 0 Å². The first-order valence-corrected chi connectivity index (χ1v) is 7.57. The second kappa shape index (κ2) is 6.66. The van der Waals surface area contributed by atoms with Gasteiger partial charge in [-0.25, -0.2) is 4.98 Å². The molecule has 0 unspecified atom stereocenters. The molecule has 0 aliphatic carbocycles. The third kappa shape index (κ3) is 3.65. The van der Waals surface area contributed by atoms with Crippen LogP contribution in [-0.4, -0.2) is 18.6 Å². The molecule has 0 saturated heterocycles. The fourth-order valence-corrected chi connectivity index (χ4v) is 3.30. The van der Waals surface area contributed by atoms with Crippen molar-refractivity contribution in [1.29, 1.82) is 0 Å². The lowest BCUT2D eigenvalue weighted by molar-refractivity contribution is 0.413. The molecule has 0 spiro atoms. The van der Waals surface area contributed by atoms with Gasteiger partial charge in [0.25, 0.3) is 0 Å². The number of rotatable bonds is 6. The van der Waals surface area contributed by atoms with Gasteiger partial charge < -0.3 is 10.1 Å². The largest absolute Gasteiger partial charge is 0.497 e. The highest BCUT2D eigenvalue weighted by molar-refractivity contribution is 7.98. The van der Waals surface area contributed by atoms with Gasteiger partial charge in [0.1, 0.15) is 5.75 Å². The summed E-state index contributed by atoms with van der Waals surface area (Å²) in [4.78, 5) is 6.81. The van der Waals surface area contributed by atoms with Crippen LogP contribution in [0, 0.1) is 0 Å². The molecule has 0 saturated carbocycles. The van der Waals surface area contributed by atoms with Crippen LogP contribution in [-0.2, 0) is 5.75 Å². The van der Waals surface area contributed by atoms with E-state index in [2.05, 4.69) is 29.4 Å². The van der Waals surface area contributed by atoms with Gasteiger partial charge in [0, 0.05) is 28.3 Å². The summed E-state index contributed by atoms with van der Waals surface area (Å²) in [6.45, 7) is 2.99. The second-order valence-corrected chi connectivity index (χ2v) is 5.79. The summed E-state index contributed by atoms with van der Waals surface area (Å²) in [5, 5.41) is 4.22. The molecule has 2 rings (SSSR count). The molecule has 0 radical (unpaired) electrons. The van der Waals surface area contributed by atoms with Crippen molar-refractivity contribution in [3.05, 3.63) is 35.3 Å². The van der Waals surface area contributed by atoms with Gasteiger partial charge >= 0.3 is 0 Å². The van der Waals surface area contributed by atoms with Crippen LogP contribution in [0.1, 0.15) is 11.8 Å². The summed E-state index contributed by atoms with van der Waals surface area (Å²) in [5.74, 6) is 1.84. The number of thioether (sulfide) groups is 1. The number of ether oxygens (including phenoxy) is 1. The minimum atomic E-state index is 0.901. The van der Waals surface area contributed by atoms with Crippen LogP contribution in [0.15, 0.2) is 35.4 Å². The third-order valence-corrected chi connectivity index (χ3v) is 4.48. The second-order valence-electron chi connectivity index (χ2n) is 3.63. The fourth-order valence-electron chi connectivity index (χ4n) is 1.45. The number of hydrogen-bond acceptors (Lipinski definition) is 5. The van der Waals surface area contributed by atoms with Gasteiger partial charge in [0.2, 0.25) is 0 Å². The number of nitrogens with one attached hydrogen (secondary N) is 1. The first kappa shape index (κ1) is 13.2. The van der Waals surface area contributed by atoms with Crippen molar-refractivity contribution < 1.29 is 4.74 Å². The van der Waals surface area contributed by atoms with Crippen LogP contribution >= 0.6 is 23.1 Å². The molecule has 5 heteroatoms. The molecule has 0 aliphatic rings. The van der Waals surface area contributed by atoms with Gasteiger partial charge in [0.15, 0.2) is 5.13 Å². The van der Waals surface area contributed by atoms with Gasteiger partial charge in [-0.3, -0.25) is 0 Å². The lowest BCUT2D eigenvalue weighted by atomic mass is 10.3. The molecular formula is C13H16N2OS2. The molecule has 1 aromatic heterocycles. The number of aromatic nitrogens is 1. The van der Waals surface area contributed by atoms with Crippen molar-refractivity contribution in [2.24, 2.45) is 0 Å². The SMILES string of the molecule is CCNc1ncc(CSc2cccc(OC)c2)s1. The predicted molar refractivity (Wildman–Crippen MR) is 78.8 cm³/mol. The molecule has 0 amide bonds. The molecule has 1 aromatic carbocycles. The van der Waals surface area contributed by atoms with Crippen LogP contribution in [0.2, 0.25) is 0 Å². The Bertz CT molecular complexity index is 499. The highest BCUT2D eigenvalue weighted by atomic mass is 32.2. The topological polar surface area (TPSA) is 34.2 Å². The first-order chi connectivity index (χ1) is 8.81. The Morgan fingerprint density at radius 2 is 2.33 bits per heavy atom. The minimum Gasteiger partial charge on any atom is -0.497 e. The maximum absolute atomic E-state index is 5.21. The Labute approximate surface area is 116 Å². The molecule has 0 fully saturated rings. The highest BCUT2D eigenvalue weighted by Crippen LogP contribution is 2.29. The zero-order valence-electron chi connectivity index (χ0n) is 10.5. The monoisotopic (exact) mass is 280 g/mol. The summed E-state index contributed by atoms with van der Waals surface area (Å²) in [6, 6.07) is 8.12. The summed E-state index contributed by atoms with van der Waals surface area (Å²) in [7, 11) is 1.69. The number of benzene rings is 1. The van der Waals surface area contributed by atoms with E-state index in [4.69, 9.17) is 4.74 Å². The predicted octanol–water partition coefficient (Wildman–Crippen LogP) is 3.88. The summed E-state index contributed by atoms with van der Waals surface area (Å²) < 4.78 is 5.21. The minimum absolute atomic E-state index is 0.901. The van der Waals surface area contributed by atoms with E-state index in [1.165, 1.54) is 9.77 Å². The van der Waals surface area contributed by atoms with Crippen molar-refractivity contribution in [1.82, 2.24) is 4.98 Å². The zero-order chi connectivity index (χ0) is 12.8. The Morgan fingerprint density at radius 3 is 3.11 bits per heavy atom. The average Bonchev–Trinajstić information content (AvgIpc) is 2.85. The van der Waals surface area contributed by atoms with Crippen molar-refractivity contribution in [3.8, 4) is 5.75 Å². The molecule has 1 N–H and O–H groups in total. The molecule has 3 nitrogen and oxygen atoms in total. The molecule has 0 atom stereocenters. The molecule has 2 aromatic rings. The van der Waals surface area contributed by atoms with Crippen LogP contribution in [0.4, 0.5) is 5.13 Å². The maximum atomic E-state index is 5.21. The molecule has 0 aliphatic heterocycles. The maximum Gasteiger partial charge on any atom is 0.182 e. The van der Waals surface area contributed by atoms with Crippen LogP contribution in [0.3, 0.4) is 0 Å². The summed E-state index contributed by atoms with van der Waals surface area (Å²) in [6.07, 6.45) is 1.94. The number of hydrogen-bond donors (Lipinski definition) is 1. The lowest BCUT2D eigenvalue weighted by Gasteiger charge is -2.02. The fraction of sp³-hybridized carbons (Fsp3) is 0.308. The Kier molecular flexibility index (Phi) is 4.90. The number of nitrogens with zero attached hydrogens (tertiary/aromatic N) is 1. The Morgan fingerprint density at radius 1 is 1.44 bits per heavy atom. The van der Waals surface area contributed by atoms with Gasteiger partial charge in [-0.2, -0.15) is 0 Å². The van der Waals surface area contributed by atoms with E-state index in [0.717, 1.165) is 23.2 Å². The standard InChI is InChI=1S/C13H16N2OS2/c1-3-14-13-15-8-12(18-13)9-17-11-6-4-5-10(7-11)16-2/h4-8H,3,9H2,1-2H3,(H,14,15). The zero-order valence-corrected chi connectivity index (χ0v) is 12.1. The number of anilines is 1. The van der Waals surface area contributed by atoms with Crippen LogP contribution in [0.25, 0.3) is 0 Å². The van der Waals surface area contributed by atoms with Gasteiger partial charge in [-0.05, 0) is 25.1 Å². The molecule has 1 heterocycles. The average molecular weight is 280 g/mol. The van der Waals surface area contributed by atoms with E-state index in [9.17, 15) is 0 Å². The van der Waals surface area contributed by atoms with E-state index in [1.54, 1.807) is 30.2 Å². The van der Waals surface area contributed by atoms with Crippen molar-refractivity contribution >= 4 is 28.2 Å². The Hall–Kier alpha value is -1.20. The normalized spacial score (nSPS) is 10.3. The molecule has 18 heavy (non-hydrogen) atoms. The summed E-state index contributed by atoms with van der Waals surface area (Å²) >= 11 is 3.51. The van der Waals surface area contributed by atoms with Crippen molar-refractivity contribution in [3.63, 3.8) is 0 Å². The molecular weight excluding hydrogens is 264 g/mol. The molecule has 96 valence electrons. The van der Waals surface area contributed by atoms with Crippen LogP contribution in [0.5, 0.6) is 5.75 Å². The smallest absolute Gasteiger partial charge is 0.182 e. The lowest BCUT2D eigenvalue weighted by Crippen LogP contribution is -1.94. The van der Waals surface area contributed by atoms with Gasteiger partial charge in [0.05, 0.1) is 7.11 Å². The molecule has 0 bridgehead atoms. The van der Waals surface area contributed by atoms with E-state index < -0.39 is 0 Å². The van der Waals surface area contributed by atoms with Crippen LogP contribution < -0.4 is 10.1 Å². The van der Waals surface area contributed by atoms with Crippen molar-refractivity contribution in [2.75, 3.05) is 19.0 Å². The number of methoxy groups -OCH3 is 1. The Balaban J connectivity index is 1.93. The number of thiazole rings is 1. The van der Waals surface area contributed by atoms with Gasteiger partial charge in [-0.1, -0.05) is 6.07 Å². The quantitative estimate of drug-likeness (QED) is 0.814. The van der Waals surface area contributed by atoms with Crippen molar-refractivity contribution in [2.45, 2.75) is 17.6 Å².